The summed E-state index contributed by atoms with van der Waals surface area (Å²) < 4.78 is 27.5. The lowest BCUT2D eigenvalue weighted by Crippen LogP contribution is -2.36. The van der Waals surface area contributed by atoms with Crippen molar-refractivity contribution in [2.45, 2.75) is 0 Å². The van der Waals surface area contributed by atoms with Crippen molar-refractivity contribution in [1.29, 1.82) is 0 Å². The van der Waals surface area contributed by atoms with Crippen molar-refractivity contribution in [2.24, 2.45) is 0 Å². The van der Waals surface area contributed by atoms with Crippen LogP contribution in [0, 0.1) is 0 Å². The molecule has 0 unspecified atom stereocenters. The molecule has 5 nitrogen and oxygen atoms in total. The van der Waals surface area contributed by atoms with Gasteiger partial charge < -0.3 is 0 Å². The first-order valence-electron chi connectivity index (χ1n) is 5.01. The van der Waals surface area contributed by atoms with Crippen LogP contribution in [-0.2, 0) is 10.2 Å². The van der Waals surface area contributed by atoms with Gasteiger partial charge >= 0.3 is 10.2 Å². The maximum Gasteiger partial charge on any atom is 0.303 e. The fraction of sp³-hybridized carbons (Fsp3) is 0.182. The van der Waals surface area contributed by atoms with E-state index >= 15 is 0 Å². The highest BCUT2D eigenvalue weighted by Crippen LogP contribution is 2.07. The summed E-state index contributed by atoms with van der Waals surface area (Å²) >= 11 is 0. The number of nitrogens with zero attached hydrogens (tertiary/aromatic N) is 2. The van der Waals surface area contributed by atoms with E-state index in [0.29, 0.717) is 0 Å². The van der Waals surface area contributed by atoms with Gasteiger partial charge in [-0.3, -0.25) is 4.72 Å². The lowest BCUT2D eigenvalue weighted by molar-refractivity contribution is 0.479. The zero-order valence-electron chi connectivity index (χ0n) is 9.41. The summed E-state index contributed by atoms with van der Waals surface area (Å²) in [6.45, 7) is 7.47. The van der Waals surface area contributed by atoms with Gasteiger partial charge in [0.25, 0.3) is 0 Å². The standard InChI is InChI=1S/C11H15N3O2S/c1-3-9-14(10-4-2)17(15,16)13-11-7-5-6-8-12-11/h3-8H,1-2,9-10H2,(H,12,13). The minimum atomic E-state index is -3.62. The molecule has 0 amide bonds. The molecule has 1 aromatic heterocycles. The van der Waals surface area contributed by atoms with Crippen LogP contribution in [0.15, 0.2) is 49.7 Å². The number of aromatic nitrogens is 1. The Bertz CT molecular complexity index is 461. The summed E-state index contributed by atoms with van der Waals surface area (Å²) in [7, 11) is -3.62. The van der Waals surface area contributed by atoms with Gasteiger partial charge in [-0.15, -0.1) is 13.2 Å². The Labute approximate surface area is 102 Å². The molecule has 0 radical (unpaired) electrons. The predicted octanol–water partition coefficient (Wildman–Crippen LogP) is 1.41. The zero-order valence-corrected chi connectivity index (χ0v) is 10.2. The van der Waals surface area contributed by atoms with Crippen LogP contribution >= 0.6 is 0 Å². The summed E-state index contributed by atoms with van der Waals surface area (Å²) in [5.41, 5.74) is 0. The Morgan fingerprint density at radius 2 is 1.94 bits per heavy atom. The number of pyridine rings is 1. The molecule has 1 aromatic rings. The number of anilines is 1. The highest BCUT2D eigenvalue weighted by Gasteiger charge is 2.19. The van der Waals surface area contributed by atoms with Gasteiger partial charge in [-0.2, -0.15) is 12.7 Å². The third kappa shape index (κ3) is 4.01. The van der Waals surface area contributed by atoms with Gasteiger partial charge in [-0.1, -0.05) is 18.2 Å². The fourth-order valence-corrected chi connectivity index (χ4v) is 2.30. The van der Waals surface area contributed by atoms with Crippen molar-refractivity contribution >= 4 is 16.0 Å². The molecule has 0 fully saturated rings. The van der Waals surface area contributed by atoms with Gasteiger partial charge in [0.1, 0.15) is 5.82 Å². The fourth-order valence-electron chi connectivity index (χ4n) is 1.18. The van der Waals surface area contributed by atoms with E-state index in [-0.39, 0.29) is 18.9 Å². The van der Waals surface area contributed by atoms with E-state index in [4.69, 9.17) is 0 Å². The highest BCUT2D eigenvalue weighted by molar-refractivity contribution is 7.90. The molecule has 0 aliphatic carbocycles. The number of hydrogen-bond acceptors (Lipinski definition) is 3. The zero-order chi connectivity index (χ0) is 12.7. The largest absolute Gasteiger partial charge is 0.303 e. The minimum absolute atomic E-state index is 0.216. The number of rotatable bonds is 7. The van der Waals surface area contributed by atoms with Crippen molar-refractivity contribution in [2.75, 3.05) is 17.8 Å². The van der Waals surface area contributed by atoms with E-state index in [1.54, 1.807) is 18.2 Å². The first kappa shape index (κ1) is 13.4. The molecule has 1 rings (SSSR count). The first-order valence-corrected chi connectivity index (χ1v) is 6.45. The summed E-state index contributed by atoms with van der Waals surface area (Å²) in [6, 6.07) is 5.00. The van der Waals surface area contributed by atoms with E-state index in [1.807, 2.05) is 0 Å². The van der Waals surface area contributed by atoms with E-state index in [9.17, 15) is 8.42 Å². The van der Waals surface area contributed by atoms with Crippen LogP contribution in [0.4, 0.5) is 5.82 Å². The van der Waals surface area contributed by atoms with Crippen LogP contribution in [0.1, 0.15) is 0 Å². The summed E-state index contributed by atoms with van der Waals surface area (Å²) in [5, 5.41) is 0. The van der Waals surface area contributed by atoms with Crippen LogP contribution in [0.25, 0.3) is 0 Å². The van der Waals surface area contributed by atoms with E-state index in [1.165, 1.54) is 22.7 Å². The van der Waals surface area contributed by atoms with Crippen molar-refractivity contribution in [3.8, 4) is 0 Å². The van der Waals surface area contributed by atoms with Crippen LogP contribution < -0.4 is 4.72 Å². The van der Waals surface area contributed by atoms with Crippen LogP contribution in [0.2, 0.25) is 0 Å². The Morgan fingerprint density at radius 3 is 2.41 bits per heavy atom. The number of hydrogen-bond donors (Lipinski definition) is 1. The van der Waals surface area contributed by atoms with E-state index in [2.05, 4.69) is 22.9 Å². The normalized spacial score (nSPS) is 11.1. The van der Waals surface area contributed by atoms with Crippen molar-refractivity contribution < 1.29 is 8.42 Å². The number of nitrogens with one attached hydrogen (secondary N) is 1. The molecule has 0 saturated heterocycles. The molecule has 0 aliphatic rings. The quantitative estimate of drug-likeness (QED) is 0.747. The van der Waals surface area contributed by atoms with E-state index in [0.717, 1.165) is 0 Å². The molecule has 6 heteroatoms. The monoisotopic (exact) mass is 253 g/mol. The Hall–Kier alpha value is -1.66. The molecular formula is C11H15N3O2S. The lowest BCUT2D eigenvalue weighted by atomic mass is 10.5. The molecule has 1 N–H and O–H groups in total. The topological polar surface area (TPSA) is 62.3 Å². The molecular weight excluding hydrogens is 238 g/mol. The summed E-state index contributed by atoms with van der Waals surface area (Å²) in [6.07, 6.45) is 4.55. The van der Waals surface area contributed by atoms with Gasteiger partial charge in [0.15, 0.2) is 0 Å². The minimum Gasteiger partial charge on any atom is -0.254 e. The molecule has 17 heavy (non-hydrogen) atoms. The Morgan fingerprint density at radius 1 is 1.29 bits per heavy atom. The average Bonchev–Trinajstić information content (AvgIpc) is 2.29. The van der Waals surface area contributed by atoms with Crippen LogP contribution in [0.5, 0.6) is 0 Å². The molecule has 0 saturated carbocycles. The maximum absolute atomic E-state index is 12.0. The molecule has 0 spiro atoms. The Kier molecular flexibility index (Phi) is 4.86. The lowest BCUT2D eigenvalue weighted by Gasteiger charge is -2.19. The van der Waals surface area contributed by atoms with Crippen LogP contribution in [-0.4, -0.2) is 30.8 Å². The molecule has 0 atom stereocenters. The maximum atomic E-state index is 12.0. The predicted molar refractivity (Wildman–Crippen MR) is 68.7 cm³/mol. The molecule has 0 bridgehead atoms. The molecule has 0 aliphatic heterocycles. The summed E-state index contributed by atoms with van der Waals surface area (Å²) in [4.78, 5) is 3.90. The highest BCUT2D eigenvalue weighted by atomic mass is 32.2. The second kappa shape index (κ2) is 6.17. The molecule has 0 aromatic carbocycles. The van der Waals surface area contributed by atoms with Gasteiger partial charge in [-0.05, 0) is 12.1 Å². The summed E-state index contributed by atoms with van der Waals surface area (Å²) in [5.74, 6) is 0.283. The third-order valence-electron chi connectivity index (χ3n) is 1.90. The van der Waals surface area contributed by atoms with Crippen LogP contribution in [0.3, 0.4) is 0 Å². The third-order valence-corrected chi connectivity index (χ3v) is 3.35. The van der Waals surface area contributed by atoms with Crippen molar-refractivity contribution in [1.82, 2.24) is 9.29 Å². The SMILES string of the molecule is C=CCN(CC=C)S(=O)(=O)Nc1ccccn1. The molecule has 92 valence electrons. The van der Waals surface area contributed by atoms with Gasteiger partial charge in [0.2, 0.25) is 0 Å². The smallest absolute Gasteiger partial charge is 0.254 e. The molecule has 1 heterocycles. The van der Waals surface area contributed by atoms with Gasteiger partial charge in [-0.25, -0.2) is 4.98 Å². The second-order valence-electron chi connectivity index (χ2n) is 3.22. The van der Waals surface area contributed by atoms with Gasteiger partial charge in [0, 0.05) is 19.3 Å². The van der Waals surface area contributed by atoms with E-state index < -0.39 is 10.2 Å². The first-order chi connectivity index (χ1) is 8.10. The van der Waals surface area contributed by atoms with Crippen molar-refractivity contribution in [3.63, 3.8) is 0 Å². The second-order valence-corrected chi connectivity index (χ2v) is 4.89. The average molecular weight is 253 g/mol. The van der Waals surface area contributed by atoms with Gasteiger partial charge in [0.05, 0.1) is 0 Å². The Balaban J connectivity index is 2.85. The van der Waals surface area contributed by atoms with Crippen molar-refractivity contribution in [3.05, 3.63) is 49.7 Å².